The van der Waals surface area contributed by atoms with E-state index in [4.69, 9.17) is 4.74 Å². The number of hydrogen-bond donors (Lipinski definition) is 1. The highest BCUT2D eigenvalue weighted by molar-refractivity contribution is 6.05. The van der Waals surface area contributed by atoms with Gasteiger partial charge in [-0.25, -0.2) is 0 Å². The summed E-state index contributed by atoms with van der Waals surface area (Å²) >= 11 is 0. The molecule has 2 aliphatic rings. The largest absolute Gasteiger partial charge is 0.381 e. The zero-order valence-electron chi connectivity index (χ0n) is 14.1. The molecule has 0 atom stereocenters. The van der Waals surface area contributed by atoms with Crippen LogP contribution in [0.3, 0.4) is 0 Å². The number of benzene rings is 1. The highest BCUT2D eigenvalue weighted by atomic mass is 16.5. The number of nitrogens with zero attached hydrogens (tertiary/aromatic N) is 3. The Morgan fingerprint density at radius 1 is 1.21 bits per heavy atom. The average Bonchev–Trinajstić information content (AvgIpc) is 3.09. The first-order valence-corrected chi connectivity index (χ1v) is 8.77. The van der Waals surface area contributed by atoms with Crippen molar-refractivity contribution in [1.82, 2.24) is 20.0 Å². The smallest absolute Gasteiger partial charge is 0.256 e. The number of aryl methyl sites for hydroxylation is 1. The molecule has 1 aromatic heterocycles. The van der Waals surface area contributed by atoms with Gasteiger partial charge < -0.3 is 9.64 Å². The van der Waals surface area contributed by atoms with Crippen LogP contribution in [0.15, 0.2) is 18.3 Å². The zero-order chi connectivity index (χ0) is 16.5. The fourth-order valence-corrected chi connectivity index (χ4v) is 3.89. The van der Waals surface area contributed by atoms with E-state index in [-0.39, 0.29) is 5.91 Å². The lowest BCUT2D eigenvalue weighted by Gasteiger charge is -2.40. The van der Waals surface area contributed by atoms with Crippen molar-refractivity contribution in [1.29, 1.82) is 0 Å². The van der Waals surface area contributed by atoms with Crippen molar-refractivity contribution >= 4 is 16.8 Å². The van der Waals surface area contributed by atoms with Crippen molar-refractivity contribution in [3.05, 3.63) is 29.5 Å². The van der Waals surface area contributed by atoms with Crippen LogP contribution < -0.4 is 0 Å². The Labute approximate surface area is 141 Å². The lowest BCUT2D eigenvalue weighted by Crippen LogP contribution is -2.53. The number of ether oxygens (including phenoxy) is 1. The van der Waals surface area contributed by atoms with Gasteiger partial charge in [-0.05, 0) is 37.5 Å². The molecule has 0 radical (unpaired) electrons. The number of rotatable bonds is 2. The summed E-state index contributed by atoms with van der Waals surface area (Å²) in [6.07, 6.45) is 4.00. The minimum atomic E-state index is 0.111. The number of amides is 1. The fraction of sp³-hybridized carbons (Fsp3) is 0.556. The molecule has 0 spiro atoms. The molecule has 2 aromatic rings. The number of aromatic amines is 1. The van der Waals surface area contributed by atoms with Crippen molar-refractivity contribution < 1.29 is 9.53 Å². The second-order valence-corrected chi connectivity index (χ2v) is 6.82. The number of aromatic nitrogens is 2. The van der Waals surface area contributed by atoms with Gasteiger partial charge in [0.2, 0.25) is 0 Å². The van der Waals surface area contributed by atoms with E-state index in [2.05, 4.69) is 21.2 Å². The van der Waals surface area contributed by atoms with Crippen molar-refractivity contribution in [2.24, 2.45) is 0 Å². The quantitative estimate of drug-likeness (QED) is 0.913. The van der Waals surface area contributed by atoms with Gasteiger partial charge in [-0.3, -0.25) is 14.8 Å². The number of hydrogen-bond acceptors (Lipinski definition) is 4. The van der Waals surface area contributed by atoms with Gasteiger partial charge in [0.15, 0.2) is 0 Å². The first kappa shape index (κ1) is 15.6. The highest BCUT2D eigenvalue weighted by Crippen LogP contribution is 2.22. The van der Waals surface area contributed by atoms with Gasteiger partial charge in [-0.2, -0.15) is 5.10 Å². The van der Waals surface area contributed by atoms with Crippen molar-refractivity contribution in [3.8, 4) is 0 Å². The second-order valence-electron chi connectivity index (χ2n) is 6.82. The Balaban J connectivity index is 1.46. The summed E-state index contributed by atoms with van der Waals surface area (Å²) in [7, 11) is 0. The van der Waals surface area contributed by atoms with Gasteiger partial charge in [-0.15, -0.1) is 0 Å². The predicted octanol–water partition coefficient (Wildman–Crippen LogP) is 1.81. The van der Waals surface area contributed by atoms with Gasteiger partial charge >= 0.3 is 0 Å². The number of H-pyrrole nitrogens is 1. The second kappa shape index (κ2) is 6.53. The van der Waals surface area contributed by atoms with E-state index in [1.807, 2.05) is 17.9 Å². The monoisotopic (exact) mass is 328 g/mol. The van der Waals surface area contributed by atoms with Crippen LogP contribution in [0.2, 0.25) is 0 Å². The molecule has 2 fully saturated rings. The van der Waals surface area contributed by atoms with Crippen LogP contribution in [-0.2, 0) is 4.74 Å². The van der Waals surface area contributed by atoms with Crippen molar-refractivity contribution in [3.63, 3.8) is 0 Å². The first-order valence-electron chi connectivity index (χ1n) is 8.77. The molecule has 24 heavy (non-hydrogen) atoms. The number of piperazine rings is 1. The van der Waals surface area contributed by atoms with E-state index < -0.39 is 0 Å². The average molecular weight is 328 g/mol. The fourth-order valence-electron chi connectivity index (χ4n) is 3.89. The van der Waals surface area contributed by atoms with Gasteiger partial charge in [-0.1, -0.05) is 0 Å². The van der Waals surface area contributed by atoms with E-state index in [0.29, 0.717) is 6.04 Å². The van der Waals surface area contributed by atoms with E-state index in [1.165, 1.54) is 0 Å². The van der Waals surface area contributed by atoms with Crippen LogP contribution in [0, 0.1) is 6.92 Å². The number of nitrogens with one attached hydrogen (secondary N) is 1. The minimum Gasteiger partial charge on any atom is -0.381 e. The summed E-state index contributed by atoms with van der Waals surface area (Å²) in [5.74, 6) is 0.111. The lowest BCUT2D eigenvalue weighted by atomic mass is 10.0. The van der Waals surface area contributed by atoms with Crippen LogP contribution >= 0.6 is 0 Å². The summed E-state index contributed by atoms with van der Waals surface area (Å²) in [5.41, 5.74) is 2.67. The molecule has 128 valence electrons. The van der Waals surface area contributed by atoms with Crippen LogP contribution in [0.4, 0.5) is 0 Å². The third-order valence-electron chi connectivity index (χ3n) is 5.23. The molecule has 2 aliphatic heterocycles. The zero-order valence-corrected chi connectivity index (χ0v) is 14.1. The maximum Gasteiger partial charge on any atom is 0.256 e. The van der Waals surface area contributed by atoms with E-state index >= 15 is 0 Å². The summed E-state index contributed by atoms with van der Waals surface area (Å²) in [6, 6.07) is 4.64. The Kier molecular flexibility index (Phi) is 4.24. The molecule has 0 bridgehead atoms. The lowest BCUT2D eigenvalue weighted by molar-refractivity contribution is 0.0138. The molecule has 6 heteroatoms. The molecule has 1 N–H and O–H groups in total. The molecule has 1 aromatic carbocycles. The first-order chi connectivity index (χ1) is 11.7. The minimum absolute atomic E-state index is 0.111. The molecular formula is C18H24N4O2. The van der Waals surface area contributed by atoms with Gasteiger partial charge in [0.25, 0.3) is 5.91 Å². The molecule has 6 nitrogen and oxygen atoms in total. The third-order valence-corrected chi connectivity index (χ3v) is 5.23. The maximum absolute atomic E-state index is 13.0. The van der Waals surface area contributed by atoms with Crippen molar-refractivity contribution in [2.75, 3.05) is 39.4 Å². The Bertz CT molecular complexity index is 728. The SMILES string of the molecule is Cc1cc(C(=O)N2CCN(C3CCOCC3)CC2)c2[nH]ncc2c1. The van der Waals surface area contributed by atoms with Gasteiger partial charge in [0, 0.05) is 50.8 Å². The van der Waals surface area contributed by atoms with E-state index in [9.17, 15) is 4.79 Å². The molecule has 2 saturated heterocycles. The third kappa shape index (κ3) is 2.91. The predicted molar refractivity (Wildman–Crippen MR) is 92.1 cm³/mol. The summed E-state index contributed by atoms with van der Waals surface area (Å²) in [6.45, 7) is 7.24. The summed E-state index contributed by atoms with van der Waals surface area (Å²) < 4.78 is 5.45. The molecule has 3 heterocycles. The molecule has 0 saturated carbocycles. The van der Waals surface area contributed by atoms with E-state index in [0.717, 1.165) is 74.3 Å². The molecular weight excluding hydrogens is 304 g/mol. The van der Waals surface area contributed by atoms with E-state index in [1.54, 1.807) is 6.20 Å². The summed E-state index contributed by atoms with van der Waals surface area (Å²) in [5, 5.41) is 8.06. The van der Waals surface area contributed by atoms with Crippen LogP contribution in [-0.4, -0.2) is 71.3 Å². The standard InChI is InChI=1S/C18H24N4O2/c1-13-10-14-12-19-20-17(14)16(11-13)18(23)22-6-4-21(5-7-22)15-2-8-24-9-3-15/h10-12,15H,2-9H2,1H3,(H,19,20). The Morgan fingerprint density at radius 3 is 2.71 bits per heavy atom. The van der Waals surface area contributed by atoms with Crippen LogP contribution in [0.25, 0.3) is 10.9 Å². The topological polar surface area (TPSA) is 61.5 Å². The maximum atomic E-state index is 13.0. The molecule has 4 rings (SSSR count). The Morgan fingerprint density at radius 2 is 1.96 bits per heavy atom. The normalized spacial score (nSPS) is 20.6. The van der Waals surface area contributed by atoms with Crippen LogP contribution in [0.5, 0.6) is 0 Å². The Hall–Kier alpha value is -1.92. The van der Waals surface area contributed by atoms with Crippen molar-refractivity contribution in [2.45, 2.75) is 25.8 Å². The summed E-state index contributed by atoms with van der Waals surface area (Å²) in [4.78, 5) is 17.5. The molecule has 0 unspecified atom stereocenters. The highest BCUT2D eigenvalue weighted by Gasteiger charge is 2.28. The molecule has 1 amide bonds. The number of fused-ring (bicyclic) bond motifs is 1. The van der Waals surface area contributed by atoms with Gasteiger partial charge in [0.1, 0.15) is 0 Å². The number of carbonyl (C=O) groups excluding carboxylic acids is 1. The molecule has 0 aliphatic carbocycles. The number of carbonyl (C=O) groups is 1. The van der Waals surface area contributed by atoms with Crippen LogP contribution in [0.1, 0.15) is 28.8 Å². The van der Waals surface area contributed by atoms with Gasteiger partial charge in [0.05, 0.1) is 17.3 Å².